The van der Waals surface area contributed by atoms with Crippen molar-refractivity contribution in [3.8, 4) is 0 Å². The normalized spacial score (nSPS) is 29.6. The van der Waals surface area contributed by atoms with Gasteiger partial charge < -0.3 is 4.74 Å². The summed E-state index contributed by atoms with van der Waals surface area (Å²) in [6.45, 7) is 2.18. The Labute approximate surface area is 125 Å². The second kappa shape index (κ2) is 6.16. The van der Waals surface area contributed by atoms with Crippen LogP contribution >= 0.6 is 0 Å². The van der Waals surface area contributed by atoms with Gasteiger partial charge in [0, 0.05) is 12.8 Å². The van der Waals surface area contributed by atoms with Gasteiger partial charge in [0.05, 0.1) is 5.92 Å². The number of ether oxygens (including phenoxy) is 1. The molecule has 2 atom stereocenters. The van der Waals surface area contributed by atoms with Crippen LogP contribution in [0.5, 0.6) is 0 Å². The molecular formula is C15H19F5O2. The lowest BCUT2D eigenvalue weighted by Gasteiger charge is -2.34. The van der Waals surface area contributed by atoms with Gasteiger partial charge in [0.15, 0.2) is 6.61 Å². The Morgan fingerprint density at radius 1 is 1.23 bits per heavy atom. The molecule has 0 N–H and O–H groups in total. The lowest BCUT2D eigenvalue weighted by atomic mass is 9.74. The monoisotopic (exact) mass is 326 g/mol. The Kier molecular flexibility index (Phi) is 4.82. The van der Waals surface area contributed by atoms with Crippen molar-refractivity contribution < 1.29 is 31.5 Å². The molecule has 2 saturated carbocycles. The first kappa shape index (κ1) is 17.2. The molecule has 2 aliphatic carbocycles. The molecule has 2 rings (SSSR count). The average molecular weight is 326 g/mol. The molecule has 22 heavy (non-hydrogen) atoms. The van der Waals surface area contributed by atoms with Gasteiger partial charge in [0.1, 0.15) is 0 Å². The number of alkyl halides is 5. The quantitative estimate of drug-likeness (QED) is 0.434. The summed E-state index contributed by atoms with van der Waals surface area (Å²) in [5.74, 6) is -4.56. The summed E-state index contributed by atoms with van der Waals surface area (Å²) in [4.78, 5) is 11.9. The maximum atomic E-state index is 13.2. The Morgan fingerprint density at radius 3 is 2.36 bits per heavy atom. The summed E-state index contributed by atoms with van der Waals surface area (Å²) in [6, 6.07) is 0. The highest BCUT2D eigenvalue weighted by atomic mass is 19.4. The SMILES string of the molecule is C=C1CC(C(=O)OCC(F)(F)F)C(C2CCC(F)(F)CC2)C1. The van der Waals surface area contributed by atoms with E-state index >= 15 is 0 Å². The summed E-state index contributed by atoms with van der Waals surface area (Å²) in [5.41, 5.74) is 0.774. The van der Waals surface area contributed by atoms with Crippen LogP contribution in [0.4, 0.5) is 22.0 Å². The van der Waals surface area contributed by atoms with E-state index in [1.165, 1.54) is 0 Å². The van der Waals surface area contributed by atoms with Gasteiger partial charge in [0.2, 0.25) is 5.92 Å². The van der Waals surface area contributed by atoms with Gasteiger partial charge in [-0.15, -0.1) is 0 Å². The fourth-order valence-corrected chi connectivity index (χ4v) is 3.53. The Balaban J connectivity index is 1.97. The first-order valence-corrected chi connectivity index (χ1v) is 7.35. The largest absolute Gasteiger partial charge is 0.456 e. The van der Waals surface area contributed by atoms with E-state index in [2.05, 4.69) is 11.3 Å². The standard InChI is InChI=1S/C15H19F5O2/c1-9-6-11(10-2-4-14(16,17)5-3-10)12(7-9)13(21)22-8-15(18,19)20/h10-12H,1-8H2. The van der Waals surface area contributed by atoms with Crippen LogP contribution in [-0.2, 0) is 9.53 Å². The number of hydrogen-bond acceptors (Lipinski definition) is 2. The minimum Gasteiger partial charge on any atom is -0.456 e. The van der Waals surface area contributed by atoms with E-state index in [0.29, 0.717) is 6.42 Å². The van der Waals surface area contributed by atoms with Gasteiger partial charge in [-0.2, -0.15) is 13.2 Å². The molecule has 0 bridgehead atoms. The van der Waals surface area contributed by atoms with E-state index in [1.54, 1.807) is 0 Å². The lowest BCUT2D eigenvalue weighted by molar-refractivity contribution is -0.190. The minimum atomic E-state index is -4.56. The zero-order valence-electron chi connectivity index (χ0n) is 12.1. The molecule has 0 saturated heterocycles. The maximum absolute atomic E-state index is 13.2. The summed E-state index contributed by atoms with van der Waals surface area (Å²) in [7, 11) is 0. The van der Waals surface area contributed by atoms with Crippen molar-refractivity contribution in [1.82, 2.24) is 0 Å². The molecule has 0 spiro atoms. The Bertz CT molecular complexity index is 434. The summed E-state index contributed by atoms with van der Waals surface area (Å²) in [5, 5.41) is 0. The average Bonchev–Trinajstić information content (AvgIpc) is 2.77. The molecule has 2 nitrogen and oxygen atoms in total. The number of allylic oxidation sites excluding steroid dienone is 1. The molecule has 0 aromatic carbocycles. The summed E-state index contributed by atoms with van der Waals surface area (Å²) in [6.07, 6.45) is -3.66. The summed E-state index contributed by atoms with van der Waals surface area (Å²) < 4.78 is 67.2. The highest BCUT2D eigenvalue weighted by molar-refractivity contribution is 5.74. The van der Waals surface area contributed by atoms with Crippen LogP contribution in [0.1, 0.15) is 38.5 Å². The van der Waals surface area contributed by atoms with E-state index in [9.17, 15) is 26.7 Å². The van der Waals surface area contributed by atoms with E-state index in [-0.39, 0.29) is 43.9 Å². The molecule has 0 heterocycles. The van der Waals surface area contributed by atoms with Gasteiger partial charge in [-0.05, 0) is 37.5 Å². The highest BCUT2D eigenvalue weighted by Crippen LogP contribution is 2.48. The lowest BCUT2D eigenvalue weighted by Crippen LogP contribution is -2.33. The molecular weight excluding hydrogens is 307 g/mol. The zero-order valence-corrected chi connectivity index (χ0v) is 12.1. The van der Waals surface area contributed by atoms with Crippen LogP contribution in [0.25, 0.3) is 0 Å². The van der Waals surface area contributed by atoms with Crippen molar-refractivity contribution in [2.45, 2.75) is 50.6 Å². The number of rotatable bonds is 3. The number of hydrogen-bond donors (Lipinski definition) is 0. The van der Waals surface area contributed by atoms with Crippen LogP contribution in [0.2, 0.25) is 0 Å². The number of esters is 1. The van der Waals surface area contributed by atoms with Crippen molar-refractivity contribution in [3.63, 3.8) is 0 Å². The smallest absolute Gasteiger partial charge is 0.422 e. The zero-order chi connectivity index (χ0) is 16.5. The van der Waals surface area contributed by atoms with Crippen LogP contribution in [0, 0.1) is 17.8 Å². The molecule has 0 aromatic rings. The molecule has 0 aromatic heterocycles. The van der Waals surface area contributed by atoms with E-state index in [4.69, 9.17) is 0 Å². The molecule has 2 fully saturated rings. The first-order valence-electron chi connectivity index (χ1n) is 7.35. The second-order valence-electron chi connectivity index (χ2n) is 6.34. The van der Waals surface area contributed by atoms with E-state index < -0.39 is 30.6 Å². The van der Waals surface area contributed by atoms with Gasteiger partial charge in [0.25, 0.3) is 0 Å². The predicted molar refractivity (Wildman–Crippen MR) is 69.3 cm³/mol. The molecule has 0 radical (unpaired) electrons. The molecule has 0 aliphatic heterocycles. The molecule has 2 unspecified atom stereocenters. The predicted octanol–water partition coefficient (Wildman–Crippen LogP) is 4.50. The van der Waals surface area contributed by atoms with Crippen LogP contribution in [0.3, 0.4) is 0 Å². The molecule has 2 aliphatic rings. The topological polar surface area (TPSA) is 26.3 Å². The van der Waals surface area contributed by atoms with Gasteiger partial charge in [-0.3, -0.25) is 4.79 Å². The fraction of sp³-hybridized carbons (Fsp3) is 0.800. The Morgan fingerprint density at radius 2 is 1.82 bits per heavy atom. The second-order valence-corrected chi connectivity index (χ2v) is 6.34. The van der Waals surface area contributed by atoms with Crippen molar-refractivity contribution in [2.75, 3.05) is 6.61 Å². The van der Waals surface area contributed by atoms with Crippen molar-refractivity contribution >= 4 is 5.97 Å². The number of halogens is 5. The first-order chi connectivity index (χ1) is 10.1. The van der Waals surface area contributed by atoms with Gasteiger partial charge >= 0.3 is 12.1 Å². The van der Waals surface area contributed by atoms with Crippen LogP contribution < -0.4 is 0 Å². The van der Waals surface area contributed by atoms with E-state index in [0.717, 1.165) is 5.57 Å². The maximum Gasteiger partial charge on any atom is 0.422 e. The van der Waals surface area contributed by atoms with Crippen molar-refractivity contribution in [1.29, 1.82) is 0 Å². The molecule has 0 amide bonds. The third-order valence-electron chi connectivity index (χ3n) is 4.60. The fourth-order valence-electron chi connectivity index (χ4n) is 3.53. The van der Waals surface area contributed by atoms with Crippen LogP contribution in [0.15, 0.2) is 12.2 Å². The number of carbonyl (C=O) groups excluding carboxylic acids is 1. The summed E-state index contributed by atoms with van der Waals surface area (Å²) >= 11 is 0. The third-order valence-corrected chi connectivity index (χ3v) is 4.60. The highest BCUT2D eigenvalue weighted by Gasteiger charge is 2.45. The Hall–Kier alpha value is -1.14. The van der Waals surface area contributed by atoms with Crippen molar-refractivity contribution in [3.05, 3.63) is 12.2 Å². The molecule has 126 valence electrons. The van der Waals surface area contributed by atoms with Crippen molar-refractivity contribution in [2.24, 2.45) is 17.8 Å². The van der Waals surface area contributed by atoms with Gasteiger partial charge in [-0.1, -0.05) is 12.2 Å². The van der Waals surface area contributed by atoms with Gasteiger partial charge in [-0.25, -0.2) is 8.78 Å². The molecule has 7 heteroatoms. The third kappa shape index (κ3) is 4.43. The minimum absolute atomic E-state index is 0.0812. The van der Waals surface area contributed by atoms with Crippen LogP contribution in [-0.4, -0.2) is 24.7 Å². The number of carbonyl (C=O) groups is 1. The van der Waals surface area contributed by atoms with E-state index in [1.807, 2.05) is 0 Å².